The van der Waals surface area contributed by atoms with Crippen LogP contribution in [0.4, 0.5) is 0 Å². The molecule has 0 amide bonds. The monoisotopic (exact) mass is 253 g/mol. The average Bonchev–Trinajstić information content (AvgIpc) is 2.71. The van der Waals surface area contributed by atoms with E-state index >= 15 is 0 Å². The van der Waals surface area contributed by atoms with Crippen molar-refractivity contribution in [3.05, 3.63) is 11.7 Å². The molecule has 2 N–H and O–H groups in total. The molecule has 0 aromatic carbocycles. The lowest BCUT2D eigenvalue weighted by Crippen LogP contribution is -2.40. The summed E-state index contributed by atoms with van der Waals surface area (Å²) < 4.78 is 5.21. The summed E-state index contributed by atoms with van der Waals surface area (Å²) in [6.07, 6.45) is 0. The van der Waals surface area contributed by atoms with E-state index in [1.165, 1.54) is 0 Å². The van der Waals surface area contributed by atoms with Crippen LogP contribution in [0, 0.1) is 0 Å². The van der Waals surface area contributed by atoms with Crippen LogP contribution in [0.2, 0.25) is 0 Å². The maximum Gasteiger partial charge on any atom is 0.232 e. The maximum atomic E-state index is 5.21. The van der Waals surface area contributed by atoms with Gasteiger partial charge in [-0.1, -0.05) is 25.9 Å². The molecule has 18 heavy (non-hydrogen) atoms. The normalized spacial score (nSPS) is 12.9. The van der Waals surface area contributed by atoms with E-state index in [0.717, 1.165) is 5.96 Å². The second-order valence-electron chi connectivity index (χ2n) is 5.49. The first-order valence-corrected chi connectivity index (χ1v) is 6.13. The van der Waals surface area contributed by atoms with Crippen molar-refractivity contribution in [2.45, 2.75) is 52.6 Å². The molecule has 0 bridgehead atoms. The van der Waals surface area contributed by atoms with Crippen molar-refractivity contribution in [2.24, 2.45) is 4.99 Å². The van der Waals surface area contributed by atoms with Crippen molar-refractivity contribution in [3.8, 4) is 0 Å². The Kier molecular flexibility index (Phi) is 4.69. The number of hydrogen-bond acceptors (Lipinski definition) is 4. The molecule has 1 aromatic rings. The largest absolute Gasteiger partial charge is 0.354 e. The predicted molar refractivity (Wildman–Crippen MR) is 71.5 cm³/mol. The van der Waals surface area contributed by atoms with Crippen LogP contribution >= 0.6 is 0 Å². The Labute approximate surface area is 108 Å². The highest BCUT2D eigenvalue weighted by Gasteiger charge is 2.21. The van der Waals surface area contributed by atoms with Crippen molar-refractivity contribution in [1.82, 2.24) is 20.8 Å². The molecule has 6 heteroatoms. The molecule has 6 nitrogen and oxygen atoms in total. The minimum Gasteiger partial charge on any atom is -0.354 e. The third-order valence-corrected chi connectivity index (χ3v) is 2.17. The van der Waals surface area contributed by atoms with Gasteiger partial charge in [0.1, 0.15) is 0 Å². The first-order chi connectivity index (χ1) is 8.32. The minimum absolute atomic E-state index is 0.122. The second kappa shape index (κ2) is 5.84. The summed E-state index contributed by atoms with van der Waals surface area (Å²) in [6, 6.07) is 0.326. The van der Waals surface area contributed by atoms with Crippen LogP contribution in [0.15, 0.2) is 9.52 Å². The highest BCUT2D eigenvalue weighted by Crippen LogP contribution is 2.19. The van der Waals surface area contributed by atoms with E-state index in [1.54, 1.807) is 7.05 Å². The quantitative estimate of drug-likeness (QED) is 0.630. The topological polar surface area (TPSA) is 75.3 Å². The van der Waals surface area contributed by atoms with Gasteiger partial charge in [0, 0.05) is 18.5 Å². The van der Waals surface area contributed by atoms with E-state index in [9.17, 15) is 0 Å². The van der Waals surface area contributed by atoms with Crippen LogP contribution < -0.4 is 10.6 Å². The van der Waals surface area contributed by atoms with Crippen LogP contribution in [0.1, 0.15) is 46.3 Å². The standard InChI is InChI=1S/C12H23N5O/c1-8(2)15-11(13-6)14-7-9-16-10(18-17-9)12(3,4)5/h8H,7H2,1-6H3,(H2,13,14,15). The maximum absolute atomic E-state index is 5.21. The van der Waals surface area contributed by atoms with Crippen molar-refractivity contribution in [2.75, 3.05) is 7.05 Å². The van der Waals surface area contributed by atoms with E-state index < -0.39 is 0 Å². The molecule has 0 saturated carbocycles. The van der Waals surface area contributed by atoms with Gasteiger partial charge in [-0.2, -0.15) is 4.98 Å². The molecular formula is C12H23N5O. The van der Waals surface area contributed by atoms with Crippen molar-refractivity contribution >= 4 is 5.96 Å². The third kappa shape index (κ3) is 4.35. The van der Waals surface area contributed by atoms with E-state index in [-0.39, 0.29) is 5.41 Å². The summed E-state index contributed by atoms with van der Waals surface area (Å²) in [5.74, 6) is 2.00. The number of nitrogens with zero attached hydrogens (tertiary/aromatic N) is 3. The molecule has 0 atom stereocenters. The van der Waals surface area contributed by atoms with Crippen LogP contribution in [-0.2, 0) is 12.0 Å². The van der Waals surface area contributed by atoms with E-state index in [4.69, 9.17) is 4.52 Å². The zero-order valence-corrected chi connectivity index (χ0v) is 12.0. The Morgan fingerprint density at radius 1 is 1.39 bits per heavy atom. The number of hydrogen-bond donors (Lipinski definition) is 2. The molecule has 0 aliphatic heterocycles. The molecule has 0 unspecified atom stereocenters. The summed E-state index contributed by atoms with van der Waals surface area (Å²) in [4.78, 5) is 8.45. The molecular weight excluding hydrogens is 230 g/mol. The van der Waals surface area contributed by atoms with Crippen LogP contribution in [0.3, 0.4) is 0 Å². The van der Waals surface area contributed by atoms with Crippen LogP contribution in [-0.4, -0.2) is 29.2 Å². The Bertz CT molecular complexity index is 403. The number of aromatic nitrogens is 2. The molecule has 0 spiro atoms. The first-order valence-electron chi connectivity index (χ1n) is 6.13. The fourth-order valence-electron chi connectivity index (χ4n) is 1.26. The Balaban J connectivity index is 2.56. The predicted octanol–water partition coefficient (Wildman–Crippen LogP) is 1.44. The van der Waals surface area contributed by atoms with Gasteiger partial charge in [-0.15, -0.1) is 0 Å². The molecule has 0 fully saturated rings. The molecule has 0 aliphatic carbocycles. The molecule has 102 valence electrons. The fraction of sp³-hybridized carbons (Fsp3) is 0.750. The zero-order valence-electron chi connectivity index (χ0n) is 12.0. The van der Waals surface area contributed by atoms with E-state index in [1.807, 2.05) is 20.8 Å². The average molecular weight is 253 g/mol. The van der Waals surface area contributed by atoms with Gasteiger partial charge in [0.05, 0.1) is 6.54 Å². The van der Waals surface area contributed by atoms with Gasteiger partial charge in [0.15, 0.2) is 11.8 Å². The Morgan fingerprint density at radius 2 is 2.06 bits per heavy atom. The molecule has 0 aliphatic rings. The third-order valence-electron chi connectivity index (χ3n) is 2.17. The van der Waals surface area contributed by atoms with Crippen LogP contribution in [0.25, 0.3) is 0 Å². The van der Waals surface area contributed by atoms with Gasteiger partial charge in [0.25, 0.3) is 0 Å². The number of rotatable bonds is 3. The highest BCUT2D eigenvalue weighted by atomic mass is 16.5. The molecule has 0 radical (unpaired) electrons. The lowest BCUT2D eigenvalue weighted by Gasteiger charge is -2.13. The smallest absolute Gasteiger partial charge is 0.232 e. The van der Waals surface area contributed by atoms with Gasteiger partial charge in [0.2, 0.25) is 5.89 Å². The minimum atomic E-state index is -0.122. The van der Waals surface area contributed by atoms with E-state index in [0.29, 0.717) is 24.3 Å². The molecule has 1 aromatic heterocycles. The number of aliphatic imine (C=N–C) groups is 1. The van der Waals surface area contributed by atoms with Crippen molar-refractivity contribution in [1.29, 1.82) is 0 Å². The summed E-state index contributed by atoms with van der Waals surface area (Å²) in [5.41, 5.74) is -0.122. The van der Waals surface area contributed by atoms with Crippen molar-refractivity contribution < 1.29 is 4.52 Å². The number of nitrogens with one attached hydrogen (secondary N) is 2. The molecule has 1 heterocycles. The summed E-state index contributed by atoms with van der Waals surface area (Å²) in [6.45, 7) is 10.7. The second-order valence-corrected chi connectivity index (χ2v) is 5.49. The fourth-order valence-corrected chi connectivity index (χ4v) is 1.26. The number of guanidine groups is 1. The van der Waals surface area contributed by atoms with Gasteiger partial charge >= 0.3 is 0 Å². The highest BCUT2D eigenvalue weighted by molar-refractivity contribution is 5.79. The summed E-state index contributed by atoms with van der Waals surface area (Å²) in [5, 5.41) is 10.3. The van der Waals surface area contributed by atoms with Crippen molar-refractivity contribution in [3.63, 3.8) is 0 Å². The Hall–Kier alpha value is -1.59. The van der Waals surface area contributed by atoms with Gasteiger partial charge < -0.3 is 15.2 Å². The zero-order chi connectivity index (χ0) is 13.8. The van der Waals surface area contributed by atoms with Crippen LogP contribution in [0.5, 0.6) is 0 Å². The van der Waals surface area contributed by atoms with Gasteiger partial charge in [-0.05, 0) is 13.8 Å². The van der Waals surface area contributed by atoms with Gasteiger partial charge in [-0.25, -0.2) is 0 Å². The molecule has 1 rings (SSSR count). The SMILES string of the molecule is CN=C(NCc1noc(C(C)(C)C)n1)NC(C)C. The molecule has 0 saturated heterocycles. The lowest BCUT2D eigenvalue weighted by molar-refractivity contribution is 0.318. The summed E-state index contributed by atoms with van der Waals surface area (Å²) >= 11 is 0. The van der Waals surface area contributed by atoms with E-state index in [2.05, 4.69) is 39.6 Å². The van der Waals surface area contributed by atoms with Gasteiger partial charge in [-0.3, -0.25) is 4.99 Å². The first kappa shape index (κ1) is 14.5. The Morgan fingerprint density at radius 3 is 2.50 bits per heavy atom. The lowest BCUT2D eigenvalue weighted by atomic mass is 9.97. The summed E-state index contributed by atoms with van der Waals surface area (Å²) in [7, 11) is 1.73.